The van der Waals surface area contributed by atoms with E-state index < -0.39 is 6.10 Å². The molecule has 2 nitrogen and oxygen atoms in total. The highest BCUT2D eigenvalue weighted by Gasteiger charge is 2.29. The van der Waals surface area contributed by atoms with Crippen LogP contribution in [0.5, 0.6) is 5.75 Å². The van der Waals surface area contributed by atoms with Crippen molar-refractivity contribution in [3.63, 3.8) is 0 Å². The largest absolute Gasteiger partial charge is 0.490 e. The average Bonchev–Trinajstić information content (AvgIpc) is 2.28. The molecule has 2 unspecified atom stereocenters. The molecule has 1 heterocycles. The number of fused-ring (bicyclic) bond motifs is 1. The molecule has 1 aliphatic heterocycles. The van der Waals surface area contributed by atoms with Crippen molar-refractivity contribution < 1.29 is 9.84 Å². The lowest BCUT2D eigenvalue weighted by Crippen LogP contribution is -2.31. The van der Waals surface area contributed by atoms with E-state index in [9.17, 15) is 5.11 Å². The highest BCUT2D eigenvalue weighted by Crippen LogP contribution is 2.38. The second kappa shape index (κ2) is 4.76. The van der Waals surface area contributed by atoms with Crippen molar-refractivity contribution >= 4 is 15.9 Å². The fourth-order valence-electron chi connectivity index (χ4n) is 2.06. The van der Waals surface area contributed by atoms with Crippen molar-refractivity contribution in [2.75, 3.05) is 0 Å². The van der Waals surface area contributed by atoms with Gasteiger partial charge < -0.3 is 9.84 Å². The summed E-state index contributed by atoms with van der Waals surface area (Å²) in [4.78, 5) is 0. The van der Waals surface area contributed by atoms with Crippen molar-refractivity contribution in [3.05, 3.63) is 28.2 Å². The Bertz CT molecular complexity index is 378. The summed E-state index contributed by atoms with van der Waals surface area (Å²) in [6.45, 7) is 4.32. The van der Waals surface area contributed by atoms with Crippen molar-refractivity contribution in [3.8, 4) is 5.75 Å². The van der Waals surface area contributed by atoms with Crippen LogP contribution in [0.15, 0.2) is 22.7 Å². The van der Waals surface area contributed by atoms with Gasteiger partial charge in [0.2, 0.25) is 0 Å². The van der Waals surface area contributed by atoms with Gasteiger partial charge >= 0.3 is 0 Å². The predicted molar refractivity (Wildman–Crippen MR) is 67.6 cm³/mol. The summed E-state index contributed by atoms with van der Waals surface area (Å²) in [5.74, 6) is 1.30. The normalized spacial score (nSPS) is 25.8. The number of hydrogen-bond donors (Lipinski definition) is 1. The number of aliphatic hydroxyl groups excluding tert-OH is 1. The zero-order valence-corrected chi connectivity index (χ0v) is 11.2. The Kier molecular flexibility index (Phi) is 3.55. The van der Waals surface area contributed by atoms with E-state index in [-0.39, 0.29) is 6.10 Å². The third-order valence-corrected chi connectivity index (χ3v) is 3.84. The lowest BCUT2D eigenvalue weighted by Gasteiger charge is -2.33. The van der Waals surface area contributed by atoms with Gasteiger partial charge in [0.15, 0.2) is 0 Å². The zero-order valence-electron chi connectivity index (χ0n) is 9.61. The Morgan fingerprint density at radius 1 is 1.56 bits per heavy atom. The lowest BCUT2D eigenvalue weighted by molar-refractivity contribution is 0.0375. The van der Waals surface area contributed by atoms with Gasteiger partial charge in [0.1, 0.15) is 11.9 Å². The quantitative estimate of drug-likeness (QED) is 0.898. The topological polar surface area (TPSA) is 29.5 Å². The van der Waals surface area contributed by atoms with Crippen molar-refractivity contribution in [2.24, 2.45) is 5.92 Å². The van der Waals surface area contributed by atoms with E-state index in [4.69, 9.17) is 4.74 Å². The maximum Gasteiger partial charge on any atom is 0.125 e. The Hall–Kier alpha value is -0.540. The monoisotopic (exact) mass is 284 g/mol. The molecule has 0 aliphatic carbocycles. The maximum absolute atomic E-state index is 10.1. The first-order chi connectivity index (χ1) is 7.61. The summed E-state index contributed by atoms with van der Waals surface area (Å²) in [6, 6.07) is 5.81. The number of halogens is 1. The Balaban J connectivity index is 2.26. The minimum absolute atomic E-state index is 0.133. The Morgan fingerprint density at radius 2 is 2.31 bits per heavy atom. The Morgan fingerprint density at radius 3 is 3.00 bits per heavy atom. The van der Waals surface area contributed by atoms with E-state index in [0.717, 1.165) is 22.2 Å². The summed E-state index contributed by atoms with van der Waals surface area (Å²) < 4.78 is 6.91. The highest BCUT2D eigenvalue weighted by atomic mass is 79.9. The van der Waals surface area contributed by atoms with Crippen LogP contribution in [0, 0.1) is 5.92 Å². The molecule has 0 radical (unpaired) electrons. The van der Waals surface area contributed by atoms with Gasteiger partial charge in [-0.25, -0.2) is 0 Å². The fourth-order valence-corrected chi connectivity index (χ4v) is 2.44. The van der Waals surface area contributed by atoms with Crippen molar-refractivity contribution in [1.29, 1.82) is 0 Å². The number of benzene rings is 1. The molecule has 1 aromatic carbocycles. The van der Waals surface area contributed by atoms with Crippen LogP contribution in [0.4, 0.5) is 0 Å². The van der Waals surface area contributed by atoms with E-state index in [1.54, 1.807) is 0 Å². The molecular formula is C13H17BrO2. The van der Waals surface area contributed by atoms with Crippen LogP contribution < -0.4 is 4.74 Å². The highest BCUT2D eigenvalue weighted by molar-refractivity contribution is 9.10. The van der Waals surface area contributed by atoms with Crippen LogP contribution in [0.25, 0.3) is 0 Å². The van der Waals surface area contributed by atoms with E-state index in [2.05, 4.69) is 29.8 Å². The van der Waals surface area contributed by atoms with Gasteiger partial charge in [-0.1, -0.05) is 36.2 Å². The van der Waals surface area contributed by atoms with Gasteiger partial charge in [-0.15, -0.1) is 0 Å². The molecule has 3 atom stereocenters. The number of rotatable bonds is 2. The fraction of sp³-hybridized carbons (Fsp3) is 0.538. The summed E-state index contributed by atoms with van der Waals surface area (Å²) in [7, 11) is 0. The lowest BCUT2D eigenvalue weighted by atomic mass is 9.91. The summed E-state index contributed by atoms with van der Waals surface area (Å²) in [5.41, 5.74) is 0.897. The summed E-state index contributed by atoms with van der Waals surface area (Å²) in [5, 5.41) is 10.1. The molecule has 1 aromatic rings. The predicted octanol–water partition coefficient (Wildman–Crippen LogP) is 3.68. The summed E-state index contributed by atoms with van der Waals surface area (Å²) >= 11 is 3.41. The first-order valence-corrected chi connectivity index (χ1v) is 6.55. The molecule has 0 saturated heterocycles. The molecule has 3 heteroatoms. The van der Waals surface area contributed by atoms with Gasteiger partial charge in [0, 0.05) is 16.5 Å². The second-order valence-electron chi connectivity index (χ2n) is 4.48. The van der Waals surface area contributed by atoms with E-state index in [1.165, 1.54) is 0 Å². The molecule has 0 fully saturated rings. The summed E-state index contributed by atoms with van der Waals surface area (Å²) in [6.07, 6.45) is 1.50. The molecule has 0 amide bonds. The molecule has 2 rings (SSSR count). The smallest absolute Gasteiger partial charge is 0.125 e. The van der Waals surface area contributed by atoms with E-state index in [1.807, 2.05) is 18.2 Å². The molecule has 1 aliphatic rings. The Labute approximate surface area is 105 Å². The van der Waals surface area contributed by atoms with Gasteiger partial charge in [0.25, 0.3) is 0 Å². The third kappa shape index (κ3) is 2.25. The minimum Gasteiger partial charge on any atom is -0.490 e. The van der Waals surface area contributed by atoms with Gasteiger partial charge in [-0.2, -0.15) is 0 Å². The molecule has 0 spiro atoms. The molecular weight excluding hydrogens is 268 g/mol. The van der Waals surface area contributed by atoms with Crippen LogP contribution in [0.3, 0.4) is 0 Å². The van der Waals surface area contributed by atoms with Crippen molar-refractivity contribution in [1.82, 2.24) is 0 Å². The van der Waals surface area contributed by atoms with Gasteiger partial charge in [0.05, 0.1) is 6.10 Å². The van der Waals surface area contributed by atoms with Crippen LogP contribution in [-0.2, 0) is 0 Å². The van der Waals surface area contributed by atoms with Gasteiger partial charge in [-0.3, -0.25) is 0 Å². The van der Waals surface area contributed by atoms with E-state index in [0.29, 0.717) is 12.3 Å². The number of hydrogen-bond acceptors (Lipinski definition) is 2. The molecule has 16 heavy (non-hydrogen) atoms. The zero-order chi connectivity index (χ0) is 11.7. The van der Waals surface area contributed by atoms with Crippen molar-refractivity contribution in [2.45, 2.75) is 38.9 Å². The molecule has 88 valence electrons. The average molecular weight is 285 g/mol. The first-order valence-electron chi connectivity index (χ1n) is 5.76. The molecule has 0 saturated carbocycles. The molecule has 0 aromatic heterocycles. The van der Waals surface area contributed by atoms with Crippen LogP contribution in [-0.4, -0.2) is 11.2 Å². The molecule has 1 N–H and O–H groups in total. The van der Waals surface area contributed by atoms with E-state index >= 15 is 0 Å². The minimum atomic E-state index is -0.403. The second-order valence-corrected chi connectivity index (χ2v) is 5.39. The van der Waals surface area contributed by atoms with Crippen LogP contribution in [0.2, 0.25) is 0 Å². The van der Waals surface area contributed by atoms with Crippen LogP contribution in [0.1, 0.15) is 38.4 Å². The standard InChI is InChI=1S/C13H17BrO2/c1-3-8(2)13-7-11(15)10-6-9(14)4-5-12(10)16-13/h4-6,8,11,13,15H,3,7H2,1-2H3/t8?,11-,13?/m1/s1. The number of ether oxygens (including phenoxy) is 1. The first kappa shape index (κ1) is 11.9. The maximum atomic E-state index is 10.1. The van der Waals surface area contributed by atoms with Crippen LogP contribution >= 0.6 is 15.9 Å². The van der Waals surface area contributed by atoms with Gasteiger partial charge in [-0.05, 0) is 24.1 Å². The third-order valence-electron chi connectivity index (χ3n) is 3.34. The SMILES string of the molecule is CCC(C)C1C[C@@H](O)c2cc(Br)ccc2O1. The molecule has 0 bridgehead atoms. The number of aliphatic hydroxyl groups is 1.